The highest BCUT2D eigenvalue weighted by molar-refractivity contribution is 8.00. The number of rotatable bonds is 2. The van der Waals surface area contributed by atoms with Crippen LogP contribution in [-0.2, 0) is 9.53 Å². The lowest BCUT2D eigenvalue weighted by Gasteiger charge is -2.20. The van der Waals surface area contributed by atoms with Gasteiger partial charge in [-0.2, -0.15) is 0 Å². The van der Waals surface area contributed by atoms with Crippen molar-refractivity contribution in [2.24, 2.45) is 0 Å². The molecule has 0 aromatic heterocycles. The van der Waals surface area contributed by atoms with E-state index in [4.69, 9.17) is 16.3 Å². The number of hydrogen-bond acceptors (Lipinski definition) is 4. The smallest absolute Gasteiger partial charge is 0.414 e. The van der Waals surface area contributed by atoms with Crippen LogP contribution in [0.4, 0.5) is 20.6 Å². The van der Waals surface area contributed by atoms with Crippen molar-refractivity contribution >= 4 is 46.7 Å². The molecule has 0 spiro atoms. The van der Waals surface area contributed by atoms with Gasteiger partial charge in [0.25, 0.3) is 0 Å². The van der Waals surface area contributed by atoms with E-state index >= 15 is 0 Å². The van der Waals surface area contributed by atoms with Crippen LogP contribution in [0.1, 0.15) is 0 Å². The minimum absolute atomic E-state index is 0.0872. The van der Waals surface area contributed by atoms with Crippen molar-refractivity contribution in [3.05, 3.63) is 17.9 Å². The molecule has 2 aliphatic rings. The van der Waals surface area contributed by atoms with Gasteiger partial charge in [0.1, 0.15) is 11.9 Å². The van der Waals surface area contributed by atoms with E-state index in [1.54, 1.807) is 0 Å². The molecule has 1 fully saturated rings. The zero-order valence-electron chi connectivity index (χ0n) is 10.2. The van der Waals surface area contributed by atoms with E-state index in [-0.39, 0.29) is 29.8 Å². The molecule has 2 aliphatic heterocycles. The molecule has 0 bridgehead atoms. The molecule has 1 N–H and O–H groups in total. The second kappa shape index (κ2) is 5.14. The maximum absolute atomic E-state index is 14.1. The van der Waals surface area contributed by atoms with Crippen LogP contribution < -0.4 is 10.2 Å². The van der Waals surface area contributed by atoms with E-state index in [2.05, 4.69) is 5.32 Å². The fraction of sp³-hybridized carbons (Fsp3) is 0.333. The molecule has 0 radical (unpaired) electrons. The summed E-state index contributed by atoms with van der Waals surface area (Å²) in [6, 6.07) is 2.77. The lowest BCUT2D eigenvalue weighted by Crippen LogP contribution is -2.27. The molecule has 2 amide bonds. The molecular weight excluding hydrogens is 307 g/mol. The molecule has 3 rings (SSSR count). The topological polar surface area (TPSA) is 58.6 Å². The largest absolute Gasteiger partial charge is 0.443 e. The summed E-state index contributed by atoms with van der Waals surface area (Å²) in [6.07, 6.45) is -1.09. The third-order valence-electron chi connectivity index (χ3n) is 3.02. The number of anilines is 2. The van der Waals surface area contributed by atoms with Gasteiger partial charge in [-0.05, 0) is 12.1 Å². The molecule has 106 valence electrons. The molecule has 1 aromatic carbocycles. The summed E-state index contributed by atoms with van der Waals surface area (Å²) in [7, 11) is 0. The Kier molecular flexibility index (Phi) is 3.47. The van der Waals surface area contributed by atoms with Crippen LogP contribution in [0.3, 0.4) is 0 Å². The monoisotopic (exact) mass is 316 g/mol. The minimum atomic E-state index is -0.635. The summed E-state index contributed by atoms with van der Waals surface area (Å²) in [5.74, 6) is -0.268. The molecule has 8 heteroatoms. The number of benzene rings is 1. The fourth-order valence-corrected chi connectivity index (χ4v) is 3.07. The third kappa shape index (κ3) is 2.31. The highest BCUT2D eigenvalue weighted by atomic mass is 35.5. The van der Waals surface area contributed by atoms with Gasteiger partial charge in [-0.3, -0.25) is 9.69 Å². The van der Waals surface area contributed by atoms with Gasteiger partial charge in [0.2, 0.25) is 5.91 Å². The number of nitrogens with zero attached hydrogens (tertiary/aromatic N) is 1. The number of fused-ring (bicyclic) bond motifs is 1. The Morgan fingerprint density at radius 3 is 3.00 bits per heavy atom. The quantitative estimate of drug-likeness (QED) is 0.851. The van der Waals surface area contributed by atoms with Gasteiger partial charge in [0.15, 0.2) is 0 Å². The Bertz CT molecular complexity index is 598. The van der Waals surface area contributed by atoms with E-state index in [0.717, 1.165) is 0 Å². The van der Waals surface area contributed by atoms with Gasteiger partial charge in [-0.15, -0.1) is 23.4 Å². The number of carbonyl (C=O) groups excluding carboxylic acids is 2. The van der Waals surface area contributed by atoms with E-state index in [0.29, 0.717) is 10.6 Å². The van der Waals surface area contributed by atoms with Crippen molar-refractivity contribution in [2.75, 3.05) is 28.4 Å². The van der Waals surface area contributed by atoms with Crippen molar-refractivity contribution < 1.29 is 18.7 Å². The standard InChI is InChI=1S/C12H10ClFN2O3S/c13-3-6-4-16(12(18)19-6)9-2-8-10(1-7(9)14)20-5-11(17)15-8/h1-2,6H,3-5H2,(H,15,17)/t6-/m1/s1. The number of alkyl halides is 1. The molecule has 20 heavy (non-hydrogen) atoms. The van der Waals surface area contributed by atoms with Crippen LogP contribution in [-0.4, -0.2) is 36.3 Å². The van der Waals surface area contributed by atoms with Gasteiger partial charge >= 0.3 is 6.09 Å². The van der Waals surface area contributed by atoms with Crippen LogP contribution in [0.2, 0.25) is 0 Å². The highest BCUT2D eigenvalue weighted by Gasteiger charge is 2.34. The lowest BCUT2D eigenvalue weighted by molar-refractivity contribution is -0.113. The average Bonchev–Trinajstić information content (AvgIpc) is 2.79. The number of halogens is 2. The molecule has 0 aliphatic carbocycles. The highest BCUT2D eigenvalue weighted by Crippen LogP contribution is 2.37. The van der Waals surface area contributed by atoms with E-state index in [1.165, 1.54) is 28.8 Å². The van der Waals surface area contributed by atoms with Gasteiger partial charge < -0.3 is 10.1 Å². The maximum atomic E-state index is 14.1. The first-order valence-electron chi connectivity index (χ1n) is 5.89. The number of amides is 2. The summed E-state index contributed by atoms with van der Waals surface area (Å²) >= 11 is 6.90. The number of carbonyl (C=O) groups is 2. The van der Waals surface area contributed by atoms with Gasteiger partial charge in [0.05, 0.1) is 29.6 Å². The summed E-state index contributed by atoms with van der Waals surface area (Å²) < 4.78 is 19.1. The zero-order chi connectivity index (χ0) is 14.3. The van der Waals surface area contributed by atoms with Crippen molar-refractivity contribution in [3.63, 3.8) is 0 Å². The summed E-state index contributed by atoms with van der Waals surface area (Å²) in [6.45, 7) is 0.194. The van der Waals surface area contributed by atoms with E-state index in [9.17, 15) is 14.0 Å². The molecule has 1 aromatic rings. The van der Waals surface area contributed by atoms with Gasteiger partial charge in [-0.25, -0.2) is 9.18 Å². The molecule has 5 nitrogen and oxygen atoms in total. The fourth-order valence-electron chi connectivity index (χ4n) is 2.10. The van der Waals surface area contributed by atoms with E-state index < -0.39 is 18.0 Å². The minimum Gasteiger partial charge on any atom is -0.443 e. The molecule has 0 unspecified atom stereocenters. The van der Waals surface area contributed by atoms with Crippen LogP contribution in [0.25, 0.3) is 0 Å². The van der Waals surface area contributed by atoms with Crippen LogP contribution in [0, 0.1) is 5.82 Å². The summed E-state index contributed by atoms with van der Waals surface area (Å²) in [5, 5.41) is 2.66. The first-order chi connectivity index (χ1) is 9.58. The van der Waals surface area contributed by atoms with Crippen LogP contribution in [0.5, 0.6) is 0 Å². The van der Waals surface area contributed by atoms with Crippen molar-refractivity contribution in [1.29, 1.82) is 0 Å². The Morgan fingerprint density at radius 1 is 1.50 bits per heavy atom. The normalized spacial score (nSPS) is 21.5. The van der Waals surface area contributed by atoms with Gasteiger partial charge in [0, 0.05) is 4.90 Å². The number of hydrogen-bond donors (Lipinski definition) is 1. The Hall–Kier alpha value is -1.47. The second-order valence-electron chi connectivity index (χ2n) is 4.41. The SMILES string of the molecule is O=C1CSc2cc(F)c(N3C[C@@H](CCl)OC3=O)cc2N1. The van der Waals surface area contributed by atoms with Crippen molar-refractivity contribution in [3.8, 4) is 0 Å². The maximum Gasteiger partial charge on any atom is 0.414 e. The summed E-state index contributed by atoms with van der Waals surface area (Å²) in [4.78, 5) is 24.9. The zero-order valence-corrected chi connectivity index (χ0v) is 11.8. The molecule has 1 saturated heterocycles. The number of nitrogens with one attached hydrogen (secondary N) is 1. The Morgan fingerprint density at radius 2 is 2.30 bits per heavy atom. The summed E-state index contributed by atoms with van der Waals surface area (Å²) in [5.41, 5.74) is 0.592. The molecule has 0 saturated carbocycles. The first kappa shape index (κ1) is 13.5. The van der Waals surface area contributed by atoms with Crippen molar-refractivity contribution in [1.82, 2.24) is 0 Å². The van der Waals surface area contributed by atoms with Crippen LogP contribution >= 0.6 is 23.4 Å². The average molecular weight is 317 g/mol. The number of thioether (sulfide) groups is 1. The lowest BCUT2D eigenvalue weighted by atomic mass is 10.2. The predicted molar refractivity (Wildman–Crippen MR) is 74.1 cm³/mol. The second-order valence-corrected chi connectivity index (χ2v) is 5.73. The Balaban J connectivity index is 1.96. The predicted octanol–water partition coefficient (Wildman–Crippen LogP) is 2.43. The number of cyclic esters (lactones) is 1. The first-order valence-corrected chi connectivity index (χ1v) is 7.41. The third-order valence-corrected chi connectivity index (χ3v) is 4.42. The molecule has 2 heterocycles. The number of ether oxygens (including phenoxy) is 1. The molecular formula is C12H10ClFN2O3S. The molecule has 1 atom stereocenters. The van der Waals surface area contributed by atoms with Gasteiger partial charge in [-0.1, -0.05) is 0 Å². The van der Waals surface area contributed by atoms with E-state index in [1.807, 2.05) is 0 Å². The van der Waals surface area contributed by atoms with Crippen LogP contribution in [0.15, 0.2) is 17.0 Å². The van der Waals surface area contributed by atoms with Crippen molar-refractivity contribution in [2.45, 2.75) is 11.0 Å². The Labute approximate surface area is 123 Å².